The first kappa shape index (κ1) is 14.1. The van der Waals surface area contributed by atoms with Crippen molar-refractivity contribution < 1.29 is 14.3 Å². The summed E-state index contributed by atoms with van der Waals surface area (Å²) >= 11 is 0. The second-order valence-electron chi connectivity index (χ2n) is 4.31. The Morgan fingerprint density at radius 1 is 1.45 bits per heavy atom. The number of carbonyl (C=O) groups excluding carboxylic acids is 1. The highest BCUT2D eigenvalue weighted by Crippen LogP contribution is 2.22. The molecular weight excluding hydrogens is 258 g/mol. The van der Waals surface area contributed by atoms with Gasteiger partial charge in [-0.25, -0.2) is 9.78 Å². The first-order chi connectivity index (χ1) is 9.69. The number of nitrogens with one attached hydrogen (secondary N) is 2. The number of aliphatic hydroxyl groups excluding tert-OH is 1. The zero-order chi connectivity index (χ0) is 14.4. The Kier molecular flexibility index (Phi) is 4.73. The molecule has 0 aliphatic heterocycles. The van der Waals surface area contributed by atoms with Crippen LogP contribution in [0.25, 0.3) is 11.5 Å². The summed E-state index contributed by atoms with van der Waals surface area (Å²) in [6.07, 6.45) is 2.18. The van der Waals surface area contributed by atoms with Crippen molar-refractivity contribution in [2.45, 2.75) is 13.3 Å². The molecule has 1 aromatic carbocycles. The van der Waals surface area contributed by atoms with Gasteiger partial charge in [0.2, 0.25) is 5.89 Å². The highest BCUT2D eigenvalue weighted by Gasteiger charge is 2.06. The van der Waals surface area contributed by atoms with Crippen LogP contribution in [-0.4, -0.2) is 29.3 Å². The number of anilines is 1. The molecule has 0 bridgehead atoms. The van der Waals surface area contributed by atoms with Crippen LogP contribution in [0.15, 0.2) is 34.9 Å². The van der Waals surface area contributed by atoms with Crippen molar-refractivity contribution in [1.29, 1.82) is 0 Å². The number of hydrogen-bond acceptors (Lipinski definition) is 4. The quantitative estimate of drug-likeness (QED) is 0.730. The molecule has 2 amide bonds. The van der Waals surface area contributed by atoms with Gasteiger partial charge < -0.3 is 20.2 Å². The minimum atomic E-state index is -0.306. The van der Waals surface area contributed by atoms with Crippen LogP contribution in [0.5, 0.6) is 0 Å². The van der Waals surface area contributed by atoms with Gasteiger partial charge in [-0.1, -0.05) is 6.07 Å². The second kappa shape index (κ2) is 6.72. The fourth-order valence-electron chi connectivity index (χ4n) is 1.67. The summed E-state index contributed by atoms with van der Waals surface area (Å²) in [7, 11) is 0. The third-order valence-corrected chi connectivity index (χ3v) is 2.61. The maximum absolute atomic E-state index is 11.6. The van der Waals surface area contributed by atoms with Crippen LogP contribution in [0.3, 0.4) is 0 Å². The molecule has 0 saturated carbocycles. The molecule has 0 aliphatic rings. The van der Waals surface area contributed by atoms with Gasteiger partial charge >= 0.3 is 6.03 Å². The van der Waals surface area contributed by atoms with Crippen molar-refractivity contribution in [3.05, 3.63) is 36.2 Å². The van der Waals surface area contributed by atoms with E-state index >= 15 is 0 Å². The van der Waals surface area contributed by atoms with Crippen molar-refractivity contribution >= 4 is 11.7 Å². The molecule has 0 unspecified atom stereocenters. The molecule has 6 heteroatoms. The minimum absolute atomic E-state index is 0.0548. The van der Waals surface area contributed by atoms with Crippen LogP contribution in [0.1, 0.15) is 12.2 Å². The largest absolute Gasteiger partial charge is 0.441 e. The molecule has 2 aromatic rings. The number of aryl methyl sites for hydroxylation is 1. The highest BCUT2D eigenvalue weighted by atomic mass is 16.4. The van der Waals surface area contributed by atoms with Crippen molar-refractivity contribution in [1.82, 2.24) is 10.3 Å². The van der Waals surface area contributed by atoms with Gasteiger partial charge in [0, 0.05) is 24.4 Å². The van der Waals surface area contributed by atoms with E-state index in [1.807, 2.05) is 19.1 Å². The van der Waals surface area contributed by atoms with E-state index in [0.717, 1.165) is 11.3 Å². The number of aliphatic hydroxyl groups is 1. The molecule has 0 fully saturated rings. The number of aromatic nitrogens is 1. The summed E-state index contributed by atoms with van der Waals surface area (Å²) in [4.78, 5) is 15.7. The van der Waals surface area contributed by atoms with E-state index in [0.29, 0.717) is 24.5 Å². The average Bonchev–Trinajstić information content (AvgIpc) is 2.86. The van der Waals surface area contributed by atoms with E-state index in [1.165, 1.54) is 0 Å². The molecular formula is C14H17N3O3. The Morgan fingerprint density at radius 3 is 3.00 bits per heavy atom. The summed E-state index contributed by atoms with van der Waals surface area (Å²) in [5, 5.41) is 14.0. The topological polar surface area (TPSA) is 87.4 Å². The summed E-state index contributed by atoms with van der Waals surface area (Å²) in [5.41, 5.74) is 1.45. The fraction of sp³-hybridized carbons (Fsp3) is 0.286. The Bertz CT molecular complexity index is 581. The molecule has 20 heavy (non-hydrogen) atoms. The number of oxazole rings is 1. The lowest BCUT2D eigenvalue weighted by molar-refractivity contribution is 0.249. The fourth-order valence-corrected chi connectivity index (χ4v) is 1.67. The lowest BCUT2D eigenvalue weighted by Gasteiger charge is -2.07. The molecule has 106 valence electrons. The Hall–Kier alpha value is -2.34. The molecule has 0 radical (unpaired) electrons. The smallest absolute Gasteiger partial charge is 0.319 e. The average molecular weight is 275 g/mol. The van der Waals surface area contributed by atoms with Gasteiger partial charge in [-0.3, -0.25) is 0 Å². The maximum Gasteiger partial charge on any atom is 0.319 e. The number of benzene rings is 1. The van der Waals surface area contributed by atoms with Crippen molar-refractivity contribution in [3.8, 4) is 11.5 Å². The molecule has 0 aliphatic carbocycles. The Balaban J connectivity index is 2.01. The summed E-state index contributed by atoms with van der Waals surface area (Å²) in [6, 6.07) is 6.94. The molecule has 0 atom stereocenters. The first-order valence-corrected chi connectivity index (χ1v) is 6.37. The van der Waals surface area contributed by atoms with E-state index in [9.17, 15) is 4.79 Å². The van der Waals surface area contributed by atoms with Crippen LogP contribution in [0.2, 0.25) is 0 Å². The lowest BCUT2D eigenvalue weighted by atomic mass is 10.2. The van der Waals surface area contributed by atoms with E-state index < -0.39 is 0 Å². The Labute approximate surface area is 116 Å². The van der Waals surface area contributed by atoms with Crippen LogP contribution in [0, 0.1) is 6.92 Å². The maximum atomic E-state index is 11.6. The zero-order valence-corrected chi connectivity index (χ0v) is 11.2. The number of nitrogens with zero attached hydrogens (tertiary/aromatic N) is 1. The van der Waals surface area contributed by atoms with Crippen LogP contribution in [-0.2, 0) is 0 Å². The summed E-state index contributed by atoms with van der Waals surface area (Å²) in [5.74, 6) is 1.26. The van der Waals surface area contributed by atoms with E-state index in [4.69, 9.17) is 9.52 Å². The third-order valence-electron chi connectivity index (χ3n) is 2.61. The molecule has 0 spiro atoms. The second-order valence-corrected chi connectivity index (χ2v) is 4.31. The Morgan fingerprint density at radius 2 is 2.30 bits per heavy atom. The van der Waals surface area contributed by atoms with E-state index in [1.54, 1.807) is 18.3 Å². The zero-order valence-electron chi connectivity index (χ0n) is 11.2. The van der Waals surface area contributed by atoms with Crippen LogP contribution >= 0.6 is 0 Å². The lowest BCUT2D eigenvalue weighted by Crippen LogP contribution is -2.29. The summed E-state index contributed by atoms with van der Waals surface area (Å²) < 4.78 is 5.44. The van der Waals surface area contributed by atoms with Crippen LogP contribution in [0.4, 0.5) is 10.5 Å². The van der Waals surface area contributed by atoms with Crippen molar-refractivity contribution in [2.24, 2.45) is 0 Å². The van der Waals surface area contributed by atoms with Gasteiger partial charge in [-0.2, -0.15) is 0 Å². The minimum Gasteiger partial charge on any atom is -0.441 e. The van der Waals surface area contributed by atoms with Gasteiger partial charge in [0.05, 0.1) is 6.20 Å². The number of carbonyl (C=O) groups is 1. The molecule has 3 N–H and O–H groups in total. The number of urea groups is 1. The van der Waals surface area contributed by atoms with Crippen molar-refractivity contribution in [3.63, 3.8) is 0 Å². The first-order valence-electron chi connectivity index (χ1n) is 6.37. The predicted octanol–water partition coefficient (Wildman–Crippen LogP) is 2.15. The normalized spacial score (nSPS) is 10.3. The van der Waals surface area contributed by atoms with Gasteiger partial charge in [0.1, 0.15) is 5.76 Å². The van der Waals surface area contributed by atoms with E-state index in [-0.39, 0.29) is 12.6 Å². The summed E-state index contributed by atoms with van der Waals surface area (Å²) in [6.45, 7) is 2.31. The monoisotopic (exact) mass is 275 g/mol. The molecule has 2 rings (SSSR count). The number of rotatable bonds is 5. The SMILES string of the molecule is Cc1cnc(-c2cccc(NC(=O)NCCCO)c2)o1. The van der Waals surface area contributed by atoms with Gasteiger partial charge in [0.25, 0.3) is 0 Å². The van der Waals surface area contributed by atoms with E-state index in [2.05, 4.69) is 15.6 Å². The molecule has 6 nitrogen and oxygen atoms in total. The number of hydrogen-bond donors (Lipinski definition) is 3. The predicted molar refractivity (Wildman–Crippen MR) is 75.4 cm³/mol. The number of amides is 2. The van der Waals surface area contributed by atoms with Gasteiger partial charge in [0.15, 0.2) is 0 Å². The van der Waals surface area contributed by atoms with Crippen LogP contribution < -0.4 is 10.6 Å². The molecule has 1 heterocycles. The highest BCUT2D eigenvalue weighted by molar-refractivity contribution is 5.89. The van der Waals surface area contributed by atoms with Gasteiger partial charge in [-0.15, -0.1) is 0 Å². The third kappa shape index (κ3) is 3.83. The standard InChI is InChI=1S/C14H17N3O3/c1-10-9-16-13(20-10)11-4-2-5-12(8-11)17-14(19)15-6-3-7-18/h2,4-5,8-9,18H,3,6-7H2,1H3,(H2,15,17,19). The molecule has 1 aromatic heterocycles. The van der Waals surface area contributed by atoms with Gasteiger partial charge in [-0.05, 0) is 31.5 Å². The van der Waals surface area contributed by atoms with Crippen molar-refractivity contribution in [2.75, 3.05) is 18.5 Å². The molecule has 0 saturated heterocycles.